The van der Waals surface area contributed by atoms with Crippen LogP contribution in [-0.4, -0.2) is 22.3 Å². The normalized spacial score (nSPS) is 12.3. The highest BCUT2D eigenvalue weighted by Crippen LogP contribution is 2.15. The van der Waals surface area contributed by atoms with Crippen LogP contribution in [0.3, 0.4) is 0 Å². The molecule has 0 saturated carbocycles. The van der Waals surface area contributed by atoms with Gasteiger partial charge in [-0.1, -0.05) is 56.7 Å². The van der Waals surface area contributed by atoms with Crippen molar-refractivity contribution in [2.45, 2.75) is 70.8 Å². The average Bonchev–Trinajstić information content (AvgIpc) is 2.45. The molecular weight excluding hydrogens is 264 g/mol. The SMILES string of the molecule is CC(O)CCCCCCCCCc1ccccc1C(=O)O. The maximum Gasteiger partial charge on any atom is 0.335 e. The van der Waals surface area contributed by atoms with E-state index in [9.17, 15) is 4.79 Å². The Morgan fingerprint density at radius 2 is 1.57 bits per heavy atom. The topological polar surface area (TPSA) is 57.5 Å². The molecule has 1 unspecified atom stereocenters. The molecule has 3 nitrogen and oxygen atoms in total. The Kier molecular flexibility index (Phi) is 8.76. The van der Waals surface area contributed by atoms with E-state index in [0.29, 0.717) is 5.56 Å². The minimum Gasteiger partial charge on any atom is -0.478 e. The van der Waals surface area contributed by atoms with Crippen LogP contribution in [0.1, 0.15) is 74.2 Å². The number of aliphatic hydroxyl groups is 1. The predicted octanol–water partition coefficient (Wildman–Crippen LogP) is 4.43. The molecule has 2 N–H and O–H groups in total. The maximum absolute atomic E-state index is 11.1. The molecule has 118 valence electrons. The molecule has 0 heterocycles. The zero-order valence-corrected chi connectivity index (χ0v) is 13.1. The number of carboxylic acids is 1. The fourth-order valence-electron chi connectivity index (χ4n) is 2.59. The monoisotopic (exact) mass is 292 g/mol. The lowest BCUT2D eigenvalue weighted by molar-refractivity contribution is 0.0695. The fourth-order valence-corrected chi connectivity index (χ4v) is 2.59. The van der Waals surface area contributed by atoms with Gasteiger partial charge in [0.1, 0.15) is 0 Å². The first-order valence-electron chi connectivity index (χ1n) is 8.10. The highest BCUT2D eigenvalue weighted by Gasteiger charge is 2.07. The molecule has 0 amide bonds. The van der Waals surface area contributed by atoms with Crippen molar-refractivity contribution in [3.8, 4) is 0 Å². The number of carbonyl (C=O) groups is 1. The summed E-state index contributed by atoms with van der Waals surface area (Å²) in [4.78, 5) is 11.1. The van der Waals surface area contributed by atoms with Gasteiger partial charge in [0.2, 0.25) is 0 Å². The lowest BCUT2D eigenvalue weighted by Crippen LogP contribution is -2.02. The zero-order chi connectivity index (χ0) is 15.5. The number of hydrogen-bond donors (Lipinski definition) is 2. The Morgan fingerprint density at radius 3 is 2.19 bits per heavy atom. The molecule has 0 aliphatic rings. The largest absolute Gasteiger partial charge is 0.478 e. The third kappa shape index (κ3) is 7.86. The summed E-state index contributed by atoms with van der Waals surface area (Å²) in [5, 5.41) is 18.3. The van der Waals surface area contributed by atoms with E-state index in [-0.39, 0.29) is 6.10 Å². The number of unbranched alkanes of at least 4 members (excludes halogenated alkanes) is 6. The standard InChI is InChI=1S/C18H28O3/c1-15(19)11-7-5-3-2-4-6-8-12-16-13-9-10-14-17(16)18(20)21/h9-10,13-15,19H,2-8,11-12H2,1H3,(H,20,21). The van der Waals surface area contributed by atoms with Crippen molar-refractivity contribution in [2.75, 3.05) is 0 Å². The van der Waals surface area contributed by atoms with E-state index in [1.807, 2.05) is 19.1 Å². The molecule has 0 aliphatic heterocycles. The van der Waals surface area contributed by atoms with Crippen LogP contribution in [-0.2, 0) is 6.42 Å². The lowest BCUT2D eigenvalue weighted by Gasteiger charge is -2.06. The molecule has 0 bridgehead atoms. The number of carboxylic acid groups (broad SMARTS) is 1. The summed E-state index contributed by atoms with van der Waals surface area (Å²) in [6.07, 6.45) is 9.80. The van der Waals surface area contributed by atoms with E-state index < -0.39 is 5.97 Å². The minimum absolute atomic E-state index is 0.167. The first-order chi connectivity index (χ1) is 10.1. The molecule has 1 atom stereocenters. The van der Waals surface area contributed by atoms with Crippen molar-refractivity contribution in [3.05, 3.63) is 35.4 Å². The first-order valence-corrected chi connectivity index (χ1v) is 8.10. The maximum atomic E-state index is 11.1. The number of aryl methyl sites for hydroxylation is 1. The highest BCUT2D eigenvalue weighted by molar-refractivity contribution is 5.89. The molecule has 0 radical (unpaired) electrons. The first kappa shape index (κ1) is 17.7. The van der Waals surface area contributed by atoms with Gasteiger partial charge in [0.25, 0.3) is 0 Å². The highest BCUT2D eigenvalue weighted by atomic mass is 16.4. The van der Waals surface area contributed by atoms with E-state index in [0.717, 1.165) is 37.7 Å². The number of benzene rings is 1. The Morgan fingerprint density at radius 1 is 1.00 bits per heavy atom. The van der Waals surface area contributed by atoms with E-state index in [1.165, 1.54) is 25.7 Å². The van der Waals surface area contributed by atoms with E-state index >= 15 is 0 Å². The van der Waals surface area contributed by atoms with E-state index in [4.69, 9.17) is 10.2 Å². The van der Waals surface area contributed by atoms with Crippen LogP contribution in [0.15, 0.2) is 24.3 Å². The van der Waals surface area contributed by atoms with Gasteiger partial charge in [0.15, 0.2) is 0 Å². The van der Waals surface area contributed by atoms with Crippen molar-refractivity contribution < 1.29 is 15.0 Å². The molecule has 3 heteroatoms. The summed E-state index contributed by atoms with van der Waals surface area (Å²) in [6, 6.07) is 7.28. The van der Waals surface area contributed by atoms with Crippen LogP contribution in [0, 0.1) is 0 Å². The Bertz CT molecular complexity index is 413. The molecule has 0 saturated heterocycles. The molecule has 0 spiro atoms. The van der Waals surface area contributed by atoms with Crippen LogP contribution in [0.2, 0.25) is 0 Å². The van der Waals surface area contributed by atoms with Gasteiger partial charge >= 0.3 is 5.97 Å². The average molecular weight is 292 g/mol. The van der Waals surface area contributed by atoms with Gasteiger partial charge in [-0.2, -0.15) is 0 Å². The van der Waals surface area contributed by atoms with Gasteiger partial charge in [-0.15, -0.1) is 0 Å². The van der Waals surface area contributed by atoms with Gasteiger partial charge in [0, 0.05) is 0 Å². The van der Waals surface area contributed by atoms with Crippen LogP contribution in [0.25, 0.3) is 0 Å². The third-order valence-corrected chi connectivity index (χ3v) is 3.82. The number of rotatable bonds is 11. The van der Waals surface area contributed by atoms with Gasteiger partial charge in [-0.05, 0) is 37.8 Å². The van der Waals surface area contributed by atoms with Crippen LogP contribution in [0.5, 0.6) is 0 Å². The second kappa shape index (κ2) is 10.4. The summed E-state index contributed by atoms with van der Waals surface area (Å²) >= 11 is 0. The van der Waals surface area contributed by atoms with Gasteiger partial charge < -0.3 is 10.2 Å². The molecule has 1 aromatic carbocycles. The Labute approximate surface area is 128 Å². The Hall–Kier alpha value is -1.35. The third-order valence-electron chi connectivity index (χ3n) is 3.82. The van der Waals surface area contributed by atoms with E-state index in [1.54, 1.807) is 12.1 Å². The lowest BCUT2D eigenvalue weighted by atomic mass is 10.00. The summed E-state index contributed by atoms with van der Waals surface area (Å²) in [7, 11) is 0. The second-order valence-electron chi connectivity index (χ2n) is 5.82. The van der Waals surface area contributed by atoms with Crippen molar-refractivity contribution >= 4 is 5.97 Å². The molecule has 0 fully saturated rings. The molecule has 1 aromatic rings. The molecule has 1 rings (SSSR count). The fraction of sp³-hybridized carbons (Fsp3) is 0.611. The quantitative estimate of drug-likeness (QED) is 0.593. The number of hydrogen-bond acceptors (Lipinski definition) is 2. The predicted molar refractivity (Wildman–Crippen MR) is 85.7 cm³/mol. The van der Waals surface area contributed by atoms with Crippen molar-refractivity contribution in [2.24, 2.45) is 0 Å². The number of aliphatic hydroxyl groups excluding tert-OH is 1. The molecular formula is C18H28O3. The van der Waals surface area contributed by atoms with Crippen LogP contribution >= 0.6 is 0 Å². The molecule has 0 aliphatic carbocycles. The van der Waals surface area contributed by atoms with Gasteiger partial charge in [-0.3, -0.25) is 0 Å². The van der Waals surface area contributed by atoms with Crippen molar-refractivity contribution in [3.63, 3.8) is 0 Å². The van der Waals surface area contributed by atoms with Gasteiger partial charge in [0.05, 0.1) is 11.7 Å². The Balaban J connectivity index is 2.08. The van der Waals surface area contributed by atoms with Crippen molar-refractivity contribution in [1.29, 1.82) is 0 Å². The molecule has 0 aromatic heterocycles. The number of aromatic carboxylic acids is 1. The summed E-state index contributed by atoms with van der Waals surface area (Å²) in [5.41, 5.74) is 1.39. The van der Waals surface area contributed by atoms with Crippen molar-refractivity contribution in [1.82, 2.24) is 0 Å². The summed E-state index contributed by atoms with van der Waals surface area (Å²) < 4.78 is 0. The second-order valence-corrected chi connectivity index (χ2v) is 5.82. The summed E-state index contributed by atoms with van der Waals surface area (Å²) in [5.74, 6) is -0.830. The minimum atomic E-state index is -0.830. The van der Waals surface area contributed by atoms with E-state index in [2.05, 4.69) is 0 Å². The summed E-state index contributed by atoms with van der Waals surface area (Å²) in [6.45, 7) is 1.84. The smallest absolute Gasteiger partial charge is 0.335 e. The molecule has 21 heavy (non-hydrogen) atoms. The van der Waals surface area contributed by atoms with Crippen LogP contribution in [0.4, 0.5) is 0 Å². The zero-order valence-electron chi connectivity index (χ0n) is 13.1. The van der Waals surface area contributed by atoms with Gasteiger partial charge in [-0.25, -0.2) is 4.79 Å². The van der Waals surface area contributed by atoms with Crippen LogP contribution < -0.4 is 0 Å².